The van der Waals surface area contributed by atoms with Crippen LogP contribution in [-0.2, 0) is 0 Å². The van der Waals surface area contributed by atoms with Crippen LogP contribution in [-0.4, -0.2) is 42.4 Å². The Kier molecular flexibility index (Phi) is 10.9. The van der Waals surface area contributed by atoms with E-state index in [4.69, 9.17) is 5.11 Å². The molecule has 0 saturated carbocycles. The molecule has 0 aromatic rings. The number of hydrogen-bond donors (Lipinski definition) is 1. The third-order valence-corrected chi connectivity index (χ3v) is 2.67. The van der Waals surface area contributed by atoms with E-state index in [1.54, 1.807) is 0 Å². The van der Waals surface area contributed by atoms with Crippen molar-refractivity contribution in [3.05, 3.63) is 0 Å². The van der Waals surface area contributed by atoms with Crippen molar-refractivity contribution in [3.8, 4) is 0 Å². The van der Waals surface area contributed by atoms with E-state index in [1.165, 1.54) is 38.9 Å². The molecular weight excluding hydrogens is 181 g/mol. The molecule has 0 aliphatic rings. The van der Waals surface area contributed by atoms with Gasteiger partial charge in [-0.15, -0.1) is 0 Å². The highest BCUT2D eigenvalue weighted by Crippen LogP contribution is 2.10. The number of rotatable bonds is 8. The van der Waals surface area contributed by atoms with Gasteiger partial charge in [-0.1, -0.05) is 20.8 Å². The lowest BCUT2D eigenvalue weighted by atomic mass is 10.2. The van der Waals surface area contributed by atoms with Crippen LogP contribution in [0.25, 0.3) is 0 Å². The Morgan fingerprint density at radius 1 is 0.786 bits per heavy atom. The van der Waals surface area contributed by atoms with Gasteiger partial charge in [-0.2, -0.15) is 0 Å². The molecule has 0 bridgehead atoms. The molecule has 0 spiro atoms. The summed E-state index contributed by atoms with van der Waals surface area (Å²) in [4.78, 5) is 0. The van der Waals surface area contributed by atoms with E-state index >= 15 is 0 Å². The van der Waals surface area contributed by atoms with Crippen molar-refractivity contribution in [1.82, 2.24) is 0 Å². The smallest absolute Gasteiger partial charge is 0.102 e. The topological polar surface area (TPSA) is 20.2 Å². The first kappa shape index (κ1) is 16.3. The van der Waals surface area contributed by atoms with Crippen LogP contribution in [0, 0.1) is 0 Å². The zero-order valence-electron chi connectivity index (χ0n) is 9.93. The van der Waals surface area contributed by atoms with Crippen LogP contribution >= 0.6 is 0 Å². The molecule has 2 nitrogen and oxygen atoms in total. The van der Waals surface area contributed by atoms with Gasteiger partial charge >= 0.3 is 0 Å². The summed E-state index contributed by atoms with van der Waals surface area (Å²) in [6, 6.07) is 0. The number of aliphatic hydroxyl groups excluding tert-OH is 1. The van der Waals surface area contributed by atoms with Crippen LogP contribution in [0.5, 0.6) is 0 Å². The van der Waals surface area contributed by atoms with Crippen molar-refractivity contribution in [1.29, 1.82) is 0 Å². The van der Waals surface area contributed by atoms with Crippen LogP contribution in [0.15, 0.2) is 0 Å². The first-order valence-electron chi connectivity index (χ1n) is 5.70. The second-order valence-corrected chi connectivity index (χ2v) is 3.96. The van der Waals surface area contributed by atoms with Crippen LogP contribution < -0.4 is 4.70 Å². The van der Waals surface area contributed by atoms with E-state index in [-0.39, 0.29) is 4.70 Å². The van der Waals surface area contributed by atoms with Gasteiger partial charge in [0.25, 0.3) is 0 Å². The van der Waals surface area contributed by atoms with Crippen molar-refractivity contribution in [2.24, 2.45) is 0 Å². The molecule has 0 atom stereocenters. The summed E-state index contributed by atoms with van der Waals surface area (Å²) < 4.78 is 1.12. The summed E-state index contributed by atoms with van der Waals surface area (Å²) in [7, 11) is 0. The van der Waals surface area contributed by atoms with Crippen LogP contribution in [0.2, 0.25) is 0 Å². The third-order valence-electron chi connectivity index (χ3n) is 2.67. The van der Waals surface area contributed by atoms with E-state index in [2.05, 4.69) is 20.8 Å². The fourth-order valence-corrected chi connectivity index (χ4v) is 2.31. The lowest BCUT2D eigenvalue weighted by molar-refractivity contribution is -0.928. The Bertz CT molecular complexity index is 90.3. The van der Waals surface area contributed by atoms with Crippen LogP contribution in [0.1, 0.15) is 40.0 Å². The van der Waals surface area contributed by atoms with Gasteiger partial charge in [-0.05, 0) is 19.3 Å². The first-order valence-corrected chi connectivity index (χ1v) is 5.70. The highest BCUT2D eigenvalue weighted by Gasteiger charge is 2.23. The van der Waals surface area contributed by atoms with Gasteiger partial charge < -0.3 is 14.3 Å². The molecule has 0 rings (SSSR count). The molecule has 0 saturated heterocycles. The van der Waals surface area contributed by atoms with E-state index in [0.29, 0.717) is 6.61 Å². The predicted octanol–water partition coefficient (Wildman–Crippen LogP) is -0.970. The van der Waals surface area contributed by atoms with Crippen molar-refractivity contribution in [3.63, 3.8) is 0 Å². The molecule has 0 fully saturated rings. The Hall–Kier alpha value is -0.150. The van der Waals surface area contributed by atoms with Gasteiger partial charge in [0.2, 0.25) is 0 Å². The third kappa shape index (κ3) is 5.55. The molecule has 3 heteroatoms. The molecule has 0 unspecified atom stereocenters. The number of quaternary nitrogens is 1. The molecule has 1 N–H and O–H groups in total. The normalized spacial score (nSPS) is 11.1. The average molecular weight is 207 g/mol. The van der Waals surface area contributed by atoms with Gasteiger partial charge in [0, 0.05) is 0 Å². The molecule has 14 heavy (non-hydrogen) atoms. The van der Waals surface area contributed by atoms with E-state index in [1.807, 2.05) is 0 Å². The minimum absolute atomic E-state index is 0. The Balaban J connectivity index is 0. The second-order valence-electron chi connectivity index (χ2n) is 3.96. The minimum Gasteiger partial charge on any atom is -1.00 e. The first-order chi connectivity index (χ1) is 6.24. The summed E-state index contributed by atoms with van der Waals surface area (Å²) >= 11 is 0. The van der Waals surface area contributed by atoms with Gasteiger partial charge in [0.15, 0.2) is 0 Å². The molecular formula is C11H26FNO. The number of nitrogens with zero attached hydrogens (tertiary/aromatic N) is 1. The highest BCUT2D eigenvalue weighted by molar-refractivity contribution is 4.43. The summed E-state index contributed by atoms with van der Waals surface area (Å²) in [5.74, 6) is 0. The summed E-state index contributed by atoms with van der Waals surface area (Å²) in [5.41, 5.74) is 0. The second kappa shape index (κ2) is 9.41. The minimum atomic E-state index is 0. The van der Waals surface area contributed by atoms with Crippen LogP contribution in [0.4, 0.5) is 0 Å². The maximum Gasteiger partial charge on any atom is 0.102 e. The number of aliphatic hydroxyl groups is 1. The Morgan fingerprint density at radius 2 is 1.14 bits per heavy atom. The Morgan fingerprint density at radius 3 is 1.36 bits per heavy atom. The largest absolute Gasteiger partial charge is 1.00 e. The highest BCUT2D eigenvalue weighted by atomic mass is 19.0. The quantitative estimate of drug-likeness (QED) is 0.508. The standard InChI is InChI=1S/C11H26NO.FH/c1-4-7-12(8-5-2,9-6-3)10-11-13;/h13H,4-11H2,1-3H3;1H/q+1;/p-1. The van der Waals surface area contributed by atoms with Gasteiger partial charge in [-0.3, -0.25) is 0 Å². The number of halogens is 1. The van der Waals surface area contributed by atoms with Crippen molar-refractivity contribution in [2.45, 2.75) is 40.0 Å². The van der Waals surface area contributed by atoms with E-state index in [9.17, 15) is 0 Å². The maximum absolute atomic E-state index is 9.07. The van der Waals surface area contributed by atoms with Gasteiger partial charge in [-0.25, -0.2) is 0 Å². The van der Waals surface area contributed by atoms with Crippen molar-refractivity contribution >= 4 is 0 Å². The zero-order valence-corrected chi connectivity index (χ0v) is 9.93. The summed E-state index contributed by atoms with van der Waals surface area (Å²) in [5, 5.41) is 9.07. The predicted molar refractivity (Wildman–Crippen MR) is 57.7 cm³/mol. The molecule has 0 aliphatic carbocycles. The van der Waals surface area contributed by atoms with Gasteiger partial charge in [0.1, 0.15) is 6.54 Å². The molecule has 0 aromatic heterocycles. The summed E-state index contributed by atoms with van der Waals surface area (Å²) in [6.45, 7) is 11.6. The summed E-state index contributed by atoms with van der Waals surface area (Å²) in [6.07, 6.45) is 3.67. The van der Waals surface area contributed by atoms with E-state index in [0.717, 1.165) is 11.0 Å². The molecule has 0 heterocycles. The van der Waals surface area contributed by atoms with Gasteiger partial charge in [0.05, 0.1) is 26.2 Å². The lowest BCUT2D eigenvalue weighted by Gasteiger charge is -2.38. The average Bonchev–Trinajstić information content (AvgIpc) is 2.06. The van der Waals surface area contributed by atoms with Crippen molar-refractivity contribution in [2.75, 3.05) is 32.8 Å². The fourth-order valence-electron chi connectivity index (χ4n) is 2.31. The molecule has 0 radical (unpaired) electrons. The monoisotopic (exact) mass is 207 g/mol. The fraction of sp³-hybridized carbons (Fsp3) is 1.00. The van der Waals surface area contributed by atoms with E-state index < -0.39 is 0 Å². The molecule has 0 amide bonds. The Labute approximate surface area is 87.9 Å². The lowest BCUT2D eigenvalue weighted by Crippen LogP contribution is -3.00. The van der Waals surface area contributed by atoms with Crippen molar-refractivity contribution < 1.29 is 14.3 Å². The maximum atomic E-state index is 9.07. The zero-order chi connectivity index (χ0) is 10.2. The molecule has 0 aliphatic heterocycles. The molecule has 88 valence electrons. The SMILES string of the molecule is CCC[N+](CCC)(CCC)CCO.[F-]. The number of hydrogen-bond acceptors (Lipinski definition) is 1. The molecule has 0 aromatic carbocycles. The van der Waals surface area contributed by atoms with Crippen LogP contribution in [0.3, 0.4) is 0 Å².